The molecule has 2 N–H and O–H groups in total. The number of aliphatic imine (C=N–C) groups is 1. The van der Waals surface area contributed by atoms with Crippen molar-refractivity contribution >= 4 is 11.5 Å². The molecule has 0 amide bonds. The normalized spacial score (nSPS) is 20.6. The first-order chi connectivity index (χ1) is 6.66. The Balaban J connectivity index is 2.34. The van der Waals surface area contributed by atoms with E-state index in [0.717, 1.165) is 11.3 Å². The van der Waals surface area contributed by atoms with Crippen LogP contribution in [0, 0.1) is 11.7 Å². The fraction of sp³-hybridized carbons (Fsp3) is 0.182. The molecule has 1 atom stereocenters. The van der Waals surface area contributed by atoms with Crippen molar-refractivity contribution in [3.63, 3.8) is 0 Å². The van der Waals surface area contributed by atoms with Crippen LogP contribution >= 0.6 is 0 Å². The van der Waals surface area contributed by atoms with Gasteiger partial charge in [-0.25, -0.2) is 9.38 Å². The molecule has 2 nitrogen and oxygen atoms in total. The number of halogens is 1. The van der Waals surface area contributed by atoms with E-state index in [4.69, 9.17) is 5.73 Å². The van der Waals surface area contributed by atoms with Gasteiger partial charge >= 0.3 is 0 Å². The Morgan fingerprint density at radius 2 is 1.93 bits per heavy atom. The molecule has 2 rings (SSSR count). The zero-order valence-corrected chi connectivity index (χ0v) is 7.87. The molecule has 1 aliphatic rings. The molecule has 3 heteroatoms. The molecule has 0 bridgehead atoms. The molecule has 1 heterocycles. The first kappa shape index (κ1) is 8.94. The third-order valence-corrected chi connectivity index (χ3v) is 2.26. The minimum absolute atomic E-state index is 0.176. The molecule has 0 saturated heterocycles. The topological polar surface area (TPSA) is 38.4 Å². The zero-order chi connectivity index (χ0) is 10.1. The highest BCUT2D eigenvalue weighted by atomic mass is 19.1. The lowest BCUT2D eigenvalue weighted by Gasteiger charge is -1.97. The summed E-state index contributed by atoms with van der Waals surface area (Å²) < 4.78 is 12.6. The summed E-state index contributed by atoms with van der Waals surface area (Å²) in [6.07, 6.45) is 1.97. The molecule has 1 aromatic rings. The van der Waals surface area contributed by atoms with Crippen molar-refractivity contribution in [1.29, 1.82) is 0 Å². The Morgan fingerprint density at radius 3 is 2.43 bits per heavy atom. The van der Waals surface area contributed by atoms with Crippen LogP contribution < -0.4 is 5.73 Å². The highest BCUT2D eigenvalue weighted by molar-refractivity contribution is 5.94. The van der Waals surface area contributed by atoms with Crippen molar-refractivity contribution in [2.24, 2.45) is 16.6 Å². The molecule has 0 aromatic heterocycles. The molecular formula is C11H11FN2. The van der Waals surface area contributed by atoms with E-state index in [1.54, 1.807) is 12.1 Å². The molecule has 14 heavy (non-hydrogen) atoms. The molecule has 0 radical (unpaired) electrons. The molecule has 0 fully saturated rings. The number of rotatable bonds is 1. The Labute approximate surface area is 82.0 Å². The maximum Gasteiger partial charge on any atom is 0.123 e. The average molecular weight is 190 g/mol. The van der Waals surface area contributed by atoms with Crippen molar-refractivity contribution < 1.29 is 4.39 Å². The summed E-state index contributed by atoms with van der Waals surface area (Å²) in [6.45, 7) is 1.98. The van der Waals surface area contributed by atoms with Gasteiger partial charge in [-0.15, -0.1) is 0 Å². The van der Waals surface area contributed by atoms with Crippen LogP contribution in [0.25, 0.3) is 5.70 Å². The van der Waals surface area contributed by atoms with Crippen molar-refractivity contribution in [3.8, 4) is 0 Å². The standard InChI is InChI=1S/C11H11FN2/c1-7-6-10(14-11(7)13)8-2-4-9(12)5-3-8/h2-7H,1H3,(H2,13,14). The van der Waals surface area contributed by atoms with Gasteiger partial charge in [-0.2, -0.15) is 0 Å². The minimum Gasteiger partial charge on any atom is -0.387 e. The van der Waals surface area contributed by atoms with Gasteiger partial charge in [-0.1, -0.05) is 6.92 Å². The number of amidine groups is 1. The number of hydrogen-bond acceptors (Lipinski definition) is 2. The largest absolute Gasteiger partial charge is 0.387 e. The van der Waals surface area contributed by atoms with Crippen LogP contribution in [0.2, 0.25) is 0 Å². The highest BCUT2D eigenvalue weighted by Crippen LogP contribution is 2.23. The van der Waals surface area contributed by atoms with Crippen LogP contribution in [0.5, 0.6) is 0 Å². The fourth-order valence-electron chi connectivity index (χ4n) is 1.38. The van der Waals surface area contributed by atoms with Gasteiger partial charge in [0.25, 0.3) is 0 Å². The second-order valence-electron chi connectivity index (χ2n) is 3.38. The van der Waals surface area contributed by atoms with Gasteiger partial charge in [0.15, 0.2) is 0 Å². The quantitative estimate of drug-likeness (QED) is 0.724. The van der Waals surface area contributed by atoms with E-state index in [2.05, 4.69) is 4.99 Å². The maximum absolute atomic E-state index is 12.6. The van der Waals surface area contributed by atoms with Crippen LogP contribution in [-0.4, -0.2) is 5.84 Å². The third-order valence-electron chi connectivity index (χ3n) is 2.26. The molecule has 0 aliphatic carbocycles. The van der Waals surface area contributed by atoms with Crippen LogP contribution in [0.1, 0.15) is 12.5 Å². The Morgan fingerprint density at radius 1 is 1.29 bits per heavy atom. The van der Waals surface area contributed by atoms with E-state index in [0.29, 0.717) is 5.84 Å². The zero-order valence-electron chi connectivity index (χ0n) is 7.87. The second-order valence-corrected chi connectivity index (χ2v) is 3.38. The second kappa shape index (κ2) is 3.25. The Bertz CT molecular complexity index is 404. The van der Waals surface area contributed by atoms with E-state index >= 15 is 0 Å². The Kier molecular flexibility index (Phi) is 2.08. The van der Waals surface area contributed by atoms with Gasteiger partial charge in [0.2, 0.25) is 0 Å². The molecule has 72 valence electrons. The summed E-state index contributed by atoms with van der Waals surface area (Å²) in [5.41, 5.74) is 7.39. The van der Waals surface area contributed by atoms with Gasteiger partial charge in [0, 0.05) is 11.5 Å². The fourth-order valence-corrected chi connectivity index (χ4v) is 1.38. The van der Waals surface area contributed by atoms with E-state index in [1.165, 1.54) is 12.1 Å². The van der Waals surface area contributed by atoms with Crippen molar-refractivity contribution in [2.75, 3.05) is 0 Å². The van der Waals surface area contributed by atoms with E-state index in [1.807, 2.05) is 13.0 Å². The predicted molar refractivity (Wildman–Crippen MR) is 55.2 cm³/mol. The molecule has 1 aromatic carbocycles. The minimum atomic E-state index is -0.239. The molecule has 1 aliphatic heterocycles. The van der Waals surface area contributed by atoms with Crippen LogP contribution in [0.4, 0.5) is 4.39 Å². The lowest BCUT2D eigenvalue weighted by atomic mass is 10.1. The summed E-state index contributed by atoms with van der Waals surface area (Å²) in [5, 5.41) is 0. The van der Waals surface area contributed by atoms with Gasteiger partial charge < -0.3 is 5.73 Å². The first-order valence-electron chi connectivity index (χ1n) is 4.48. The number of nitrogens with zero attached hydrogens (tertiary/aromatic N) is 1. The summed E-state index contributed by atoms with van der Waals surface area (Å²) in [5.74, 6) is 0.553. The van der Waals surface area contributed by atoms with E-state index in [9.17, 15) is 4.39 Å². The summed E-state index contributed by atoms with van der Waals surface area (Å²) in [6, 6.07) is 6.25. The highest BCUT2D eigenvalue weighted by Gasteiger charge is 2.14. The summed E-state index contributed by atoms with van der Waals surface area (Å²) in [7, 11) is 0. The van der Waals surface area contributed by atoms with E-state index < -0.39 is 0 Å². The van der Waals surface area contributed by atoms with Gasteiger partial charge in [0.05, 0.1) is 5.70 Å². The molecule has 1 unspecified atom stereocenters. The Hall–Kier alpha value is -1.64. The summed E-state index contributed by atoms with van der Waals surface area (Å²) in [4.78, 5) is 4.20. The lowest BCUT2D eigenvalue weighted by molar-refractivity contribution is 0.627. The number of hydrogen-bond donors (Lipinski definition) is 1. The van der Waals surface area contributed by atoms with Crippen molar-refractivity contribution in [2.45, 2.75) is 6.92 Å². The van der Waals surface area contributed by atoms with Gasteiger partial charge in [-0.05, 0) is 30.3 Å². The van der Waals surface area contributed by atoms with Gasteiger partial charge in [-0.3, -0.25) is 0 Å². The van der Waals surface area contributed by atoms with E-state index in [-0.39, 0.29) is 11.7 Å². The molecular weight excluding hydrogens is 179 g/mol. The first-order valence-corrected chi connectivity index (χ1v) is 4.48. The molecule has 0 spiro atoms. The van der Waals surface area contributed by atoms with Crippen LogP contribution in [0.15, 0.2) is 35.3 Å². The summed E-state index contributed by atoms with van der Waals surface area (Å²) >= 11 is 0. The van der Waals surface area contributed by atoms with Crippen molar-refractivity contribution in [3.05, 3.63) is 41.7 Å². The van der Waals surface area contributed by atoms with Crippen LogP contribution in [0.3, 0.4) is 0 Å². The lowest BCUT2D eigenvalue weighted by Crippen LogP contribution is -2.15. The number of benzene rings is 1. The maximum atomic E-state index is 12.6. The SMILES string of the molecule is CC1C=C(c2ccc(F)cc2)N=C1N. The van der Waals surface area contributed by atoms with Gasteiger partial charge in [0.1, 0.15) is 11.7 Å². The monoisotopic (exact) mass is 190 g/mol. The number of nitrogens with two attached hydrogens (primary N) is 1. The smallest absolute Gasteiger partial charge is 0.123 e. The van der Waals surface area contributed by atoms with Crippen LogP contribution in [-0.2, 0) is 0 Å². The molecule has 0 saturated carbocycles. The van der Waals surface area contributed by atoms with Crippen molar-refractivity contribution in [1.82, 2.24) is 0 Å². The third kappa shape index (κ3) is 1.53. The predicted octanol–water partition coefficient (Wildman–Crippen LogP) is 2.17. The average Bonchev–Trinajstić information content (AvgIpc) is 2.48.